The summed E-state index contributed by atoms with van der Waals surface area (Å²) in [6.45, 7) is 4.93. The van der Waals surface area contributed by atoms with Gasteiger partial charge >= 0.3 is 0 Å². The Kier molecular flexibility index (Phi) is 5.87. The quantitative estimate of drug-likeness (QED) is 0.382. The summed E-state index contributed by atoms with van der Waals surface area (Å²) in [4.78, 5) is 12.7. The number of aromatic nitrogens is 1. The third-order valence-corrected chi connectivity index (χ3v) is 6.67. The molecule has 0 saturated heterocycles. The maximum absolute atomic E-state index is 12.7. The van der Waals surface area contributed by atoms with E-state index < -0.39 is 0 Å². The van der Waals surface area contributed by atoms with Gasteiger partial charge in [-0.05, 0) is 79.1 Å². The molecule has 166 valence electrons. The van der Waals surface area contributed by atoms with Gasteiger partial charge in [0.05, 0.1) is 5.69 Å². The van der Waals surface area contributed by atoms with E-state index in [0.29, 0.717) is 12.1 Å². The standard InChI is InChI=1S/C30H30N2O/c1-21-8-11-23(12-9-21)20-31-30(33)25-13-15-27(16-14-25)32-28-17-10-22(2)18-26(28)19-29(32)24-6-4-3-5-7-24/h3-9,11-16,19,22H,10,17-18,20H2,1-2H3,(H,31,33)/t22-/m1/s1. The fraction of sp³-hybridized carbons (Fsp3) is 0.233. The van der Waals surface area contributed by atoms with Crippen molar-refractivity contribution in [1.82, 2.24) is 9.88 Å². The van der Waals surface area contributed by atoms with E-state index in [1.807, 2.05) is 12.1 Å². The Hall–Kier alpha value is -3.59. The van der Waals surface area contributed by atoms with Crippen molar-refractivity contribution in [3.63, 3.8) is 0 Å². The molecule has 0 radical (unpaired) electrons. The van der Waals surface area contributed by atoms with E-state index in [4.69, 9.17) is 0 Å². The van der Waals surface area contributed by atoms with E-state index in [2.05, 4.69) is 96.5 Å². The van der Waals surface area contributed by atoms with Gasteiger partial charge in [0.15, 0.2) is 0 Å². The van der Waals surface area contributed by atoms with Crippen molar-refractivity contribution < 1.29 is 4.79 Å². The molecule has 0 unspecified atom stereocenters. The zero-order valence-corrected chi connectivity index (χ0v) is 19.3. The van der Waals surface area contributed by atoms with Gasteiger partial charge in [0, 0.05) is 23.5 Å². The van der Waals surface area contributed by atoms with Crippen LogP contribution in [0.5, 0.6) is 0 Å². The molecule has 1 heterocycles. The lowest BCUT2D eigenvalue weighted by Crippen LogP contribution is -2.22. The number of hydrogen-bond donors (Lipinski definition) is 1. The van der Waals surface area contributed by atoms with Gasteiger partial charge in [-0.2, -0.15) is 0 Å². The Bertz CT molecular complexity index is 1250. The molecule has 5 rings (SSSR count). The van der Waals surface area contributed by atoms with Crippen molar-refractivity contribution in [1.29, 1.82) is 0 Å². The highest BCUT2D eigenvalue weighted by molar-refractivity contribution is 5.94. The molecule has 0 fully saturated rings. The number of carbonyl (C=O) groups excluding carboxylic acids is 1. The van der Waals surface area contributed by atoms with E-state index >= 15 is 0 Å². The normalized spacial score (nSPS) is 15.2. The van der Waals surface area contributed by atoms with Crippen LogP contribution in [-0.4, -0.2) is 10.5 Å². The predicted molar refractivity (Wildman–Crippen MR) is 135 cm³/mol. The van der Waals surface area contributed by atoms with E-state index in [9.17, 15) is 4.79 Å². The summed E-state index contributed by atoms with van der Waals surface area (Å²) in [5.41, 5.74) is 9.42. The first kappa shape index (κ1) is 21.3. The number of amides is 1. The van der Waals surface area contributed by atoms with Gasteiger partial charge in [-0.1, -0.05) is 67.1 Å². The minimum atomic E-state index is -0.0474. The summed E-state index contributed by atoms with van der Waals surface area (Å²) in [5, 5.41) is 3.04. The van der Waals surface area contributed by atoms with Crippen LogP contribution in [0.4, 0.5) is 0 Å². The molecule has 0 bridgehead atoms. The molecule has 0 aliphatic heterocycles. The first-order valence-electron chi connectivity index (χ1n) is 11.8. The molecule has 1 amide bonds. The SMILES string of the molecule is Cc1ccc(CNC(=O)c2ccc(-n3c(-c4ccccc4)cc4c3CC[C@@H](C)C4)cc2)cc1. The van der Waals surface area contributed by atoms with Crippen LogP contribution in [-0.2, 0) is 19.4 Å². The van der Waals surface area contributed by atoms with Crippen LogP contribution in [0, 0.1) is 12.8 Å². The highest BCUT2D eigenvalue weighted by Gasteiger charge is 2.23. The first-order chi connectivity index (χ1) is 16.1. The van der Waals surface area contributed by atoms with Gasteiger partial charge in [-0.15, -0.1) is 0 Å². The Labute approximate surface area is 196 Å². The molecule has 0 spiro atoms. The third-order valence-electron chi connectivity index (χ3n) is 6.67. The Balaban J connectivity index is 1.42. The number of nitrogens with zero attached hydrogens (tertiary/aromatic N) is 1. The Morgan fingerprint density at radius 1 is 0.970 bits per heavy atom. The number of fused-ring (bicyclic) bond motifs is 1. The smallest absolute Gasteiger partial charge is 0.251 e. The van der Waals surface area contributed by atoms with Crippen LogP contribution < -0.4 is 5.32 Å². The second kappa shape index (κ2) is 9.11. The maximum atomic E-state index is 12.7. The lowest BCUT2D eigenvalue weighted by atomic mass is 9.89. The molecule has 3 aromatic carbocycles. The zero-order valence-electron chi connectivity index (χ0n) is 19.3. The predicted octanol–water partition coefficient (Wildman–Crippen LogP) is 6.51. The summed E-state index contributed by atoms with van der Waals surface area (Å²) >= 11 is 0. The van der Waals surface area contributed by atoms with Crippen molar-refractivity contribution in [3.05, 3.63) is 113 Å². The molecule has 33 heavy (non-hydrogen) atoms. The summed E-state index contributed by atoms with van der Waals surface area (Å²) in [7, 11) is 0. The van der Waals surface area contributed by atoms with Crippen molar-refractivity contribution in [2.24, 2.45) is 5.92 Å². The number of nitrogens with one attached hydrogen (secondary N) is 1. The van der Waals surface area contributed by atoms with Crippen molar-refractivity contribution in [2.45, 2.75) is 39.7 Å². The molecule has 0 saturated carbocycles. The van der Waals surface area contributed by atoms with Crippen LogP contribution in [0.25, 0.3) is 16.9 Å². The van der Waals surface area contributed by atoms with Gasteiger partial charge < -0.3 is 9.88 Å². The molecule has 1 aliphatic carbocycles. The number of carbonyl (C=O) groups is 1. The minimum Gasteiger partial charge on any atom is -0.348 e. The number of rotatable bonds is 5. The van der Waals surface area contributed by atoms with Crippen LogP contribution >= 0.6 is 0 Å². The second-order valence-corrected chi connectivity index (χ2v) is 9.27. The largest absolute Gasteiger partial charge is 0.348 e. The first-order valence-corrected chi connectivity index (χ1v) is 11.8. The van der Waals surface area contributed by atoms with Crippen LogP contribution in [0.2, 0.25) is 0 Å². The van der Waals surface area contributed by atoms with E-state index in [1.54, 1.807) is 0 Å². The second-order valence-electron chi connectivity index (χ2n) is 9.27. The minimum absolute atomic E-state index is 0.0474. The molecule has 3 heteroatoms. The summed E-state index contributed by atoms with van der Waals surface area (Å²) in [6, 6.07) is 29.2. The van der Waals surface area contributed by atoms with Gasteiger partial charge in [0.25, 0.3) is 5.91 Å². The highest BCUT2D eigenvalue weighted by Crippen LogP contribution is 2.35. The van der Waals surface area contributed by atoms with Crippen molar-refractivity contribution in [2.75, 3.05) is 0 Å². The molecule has 3 nitrogen and oxygen atoms in total. The topological polar surface area (TPSA) is 34.0 Å². The van der Waals surface area contributed by atoms with Gasteiger partial charge in [0.2, 0.25) is 0 Å². The van der Waals surface area contributed by atoms with Gasteiger partial charge in [0.1, 0.15) is 0 Å². The third kappa shape index (κ3) is 4.49. The zero-order chi connectivity index (χ0) is 22.8. The molecular formula is C30H30N2O. The van der Waals surface area contributed by atoms with E-state index in [1.165, 1.54) is 34.5 Å². The molecule has 1 atom stereocenters. The van der Waals surface area contributed by atoms with Crippen LogP contribution in [0.15, 0.2) is 84.9 Å². The summed E-state index contributed by atoms with van der Waals surface area (Å²) in [5.74, 6) is 0.672. The Morgan fingerprint density at radius 2 is 1.70 bits per heavy atom. The molecular weight excluding hydrogens is 404 g/mol. The van der Waals surface area contributed by atoms with E-state index in [0.717, 1.165) is 30.0 Å². The van der Waals surface area contributed by atoms with Crippen molar-refractivity contribution >= 4 is 5.91 Å². The monoisotopic (exact) mass is 434 g/mol. The lowest BCUT2D eigenvalue weighted by Gasteiger charge is -2.21. The summed E-state index contributed by atoms with van der Waals surface area (Å²) in [6.07, 6.45) is 3.43. The molecule has 1 N–H and O–H groups in total. The van der Waals surface area contributed by atoms with Gasteiger partial charge in [-0.25, -0.2) is 0 Å². The average molecular weight is 435 g/mol. The lowest BCUT2D eigenvalue weighted by molar-refractivity contribution is 0.0951. The maximum Gasteiger partial charge on any atom is 0.251 e. The number of aryl methyl sites for hydroxylation is 1. The van der Waals surface area contributed by atoms with Crippen LogP contribution in [0.3, 0.4) is 0 Å². The highest BCUT2D eigenvalue weighted by atomic mass is 16.1. The number of hydrogen-bond acceptors (Lipinski definition) is 1. The average Bonchev–Trinajstić information content (AvgIpc) is 3.22. The molecule has 1 aliphatic rings. The van der Waals surface area contributed by atoms with Crippen LogP contribution in [0.1, 0.15) is 46.1 Å². The molecule has 4 aromatic rings. The van der Waals surface area contributed by atoms with Crippen molar-refractivity contribution in [3.8, 4) is 16.9 Å². The van der Waals surface area contributed by atoms with Gasteiger partial charge in [-0.3, -0.25) is 4.79 Å². The molecule has 1 aromatic heterocycles. The fourth-order valence-corrected chi connectivity index (χ4v) is 4.78. The number of benzene rings is 3. The Morgan fingerprint density at radius 3 is 2.42 bits per heavy atom. The van der Waals surface area contributed by atoms with E-state index in [-0.39, 0.29) is 5.91 Å². The summed E-state index contributed by atoms with van der Waals surface area (Å²) < 4.78 is 2.39. The fourth-order valence-electron chi connectivity index (χ4n) is 4.78.